The van der Waals surface area contributed by atoms with Gasteiger partial charge in [-0.1, -0.05) is 5.21 Å². The van der Waals surface area contributed by atoms with Crippen LogP contribution in [0.3, 0.4) is 0 Å². The molecule has 0 saturated carbocycles. The Labute approximate surface area is 168 Å². The number of hydrogen-bond donors (Lipinski definition) is 0. The molecule has 13 heteroatoms. The van der Waals surface area contributed by atoms with Crippen LogP contribution in [0.25, 0.3) is 0 Å². The predicted octanol–water partition coefficient (Wildman–Crippen LogP) is -4.00. The van der Waals surface area contributed by atoms with Crippen LogP contribution < -0.4 is 29.6 Å². The van der Waals surface area contributed by atoms with Crippen molar-refractivity contribution < 1.29 is 51.6 Å². The number of amides is 2. The zero-order valence-electron chi connectivity index (χ0n) is 14.4. The van der Waals surface area contributed by atoms with E-state index in [9.17, 15) is 17.8 Å². The van der Waals surface area contributed by atoms with Crippen molar-refractivity contribution in [3.05, 3.63) is 11.9 Å². The summed E-state index contributed by atoms with van der Waals surface area (Å²) in [5.41, 5.74) is 0.823. The van der Waals surface area contributed by atoms with Gasteiger partial charge in [-0.15, -0.1) is 5.10 Å². The molecule has 2 aliphatic rings. The molecular formula is C12H19N6NaO5S. The van der Waals surface area contributed by atoms with Crippen LogP contribution in [0.15, 0.2) is 6.20 Å². The van der Waals surface area contributed by atoms with Gasteiger partial charge in [-0.25, -0.2) is 13.2 Å². The Morgan fingerprint density at radius 1 is 1.40 bits per heavy atom. The number of carbonyl (C=O) groups excluding carboxylic acids is 1. The van der Waals surface area contributed by atoms with Gasteiger partial charge >= 0.3 is 35.6 Å². The summed E-state index contributed by atoms with van der Waals surface area (Å²) in [6.45, 7) is 1.45. The summed E-state index contributed by atoms with van der Waals surface area (Å²) < 4.78 is 38.3. The Balaban J connectivity index is 0.00000225. The molecular weight excluding hydrogens is 363 g/mol. The number of nitrogens with zero attached hydrogens (tertiary/aromatic N) is 6. The number of hydrogen-bond acceptors (Lipinski definition) is 8. The van der Waals surface area contributed by atoms with Gasteiger partial charge in [-0.05, 0) is 26.9 Å². The van der Waals surface area contributed by atoms with Crippen molar-refractivity contribution in [1.82, 2.24) is 29.9 Å². The van der Waals surface area contributed by atoms with Gasteiger partial charge in [0.05, 0.1) is 24.3 Å². The van der Waals surface area contributed by atoms with Crippen molar-refractivity contribution in [2.75, 3.05) is 20.6 Å². The minimum atomic E-state index is -4.97. The molecule has 2 bridgehead atoms. The molecule has 2 atom stereocenters. The number of aromatic nitrogens is 3. The van der Waals surface area contributed by atoms with E-state index in [2.05, 4.69) is 14.6 Å². The van der Waals surface area contributed by atoms with Crippen LogP contribution >= 0.6 is 0 Å². The minimum absolute atomic E-state index is 0. The molecule has 2 saturated heterocycles. The third-order valence-corrected chi connectivity index (χ3v) is 4.42. The van der Waals surface area contributed by atoms with Crippen molar-refractivity contribution >= 4 is 16.4 Å². The van der Waals surface area contributed by atoms with Gasteiger partial charge in [0, 0.05) is 19.3 Å². The monoisotopic (exact) mass is 382 g/mol. The van der Waals surface area contributed by atoms with E-state index in [-0.39, 0.29) is 35.6 Å². The zero-order chi connectivity index (χ0) is 17.5. The van der Waals surface area contributed by atoms with E-state index >= 15 is 0 Å². The standard InChI is InChI=1S/C12H20N6O5S.Na/c1-15(2)5-9-6-16(14-13-9)7-10-3-4-11-8-17(10)12(19)18(11)23-24(20,21)22;/h6,10-11H,3-5,7-8H2,1-2H3,(H,20,21,22);/q;+1/p-1/t10-,11+;/m0./s1. The molecule has 2 aliphatic heterocycles. The van der Waals surface area contributed by atoms with Crippen molar-refractivity contribution in [2.24, 2.45) is 0 Å². The Morgan fingerprint density at radius 2 is 2.12 bits per heavy atom. The van der Waals surface area contributed by atoms with Crippen LogP contribution in [0.5, 0.6) is 0 Å². The quantitative estimate of drug-likeness (QED) is 0.277. The molecule has 0 radical (unpaired) electrons. The van der Waals surface area contributed by atoms with E-state index in [1.165, 1.54) is 4.90 Å². The number of hydroxylamine groups is 2. The van der Waals surface area contributed by atoms with Crippen molar-refractivity contribution in [3.8, 4) is 0 Å². The van der Waals surface area contributed by atoms with Crippen LogP contribution in [0.1, 0.15) is 18.5 Å². The molecule has 1 aromatic rings. The van der Waals surface area contributed by atoms with Crippen LogP contribution in [0, 0.1) is 0 Å². The summed E-state index contributed by atoms with van der Waals surface area (Å²) in [5.74, 6) is 0. The molecule has 11 nitrogen and oxygen atoms in total. The Hall–Kier alpha value is -0.760. The van der Waals surface area contributed by atoms with E-state index in [4.69, 9.17) is 0 Å². The molecule has 0 aliphatic carbocycles. The largest absolute Gasteiger partial charge is 1.00 e. The molecule has 3 rings (SSSR count). The Kier molecular flexibility index (Phi) is 6.46. The number of urea groups is 1. The van der Waals surface area contributed by atoms with E-state index in [0.29, 0.717) is 37.5 Å². The second-order valence-corrected chi connectivity index (χ2v) is 7.26. The van der Waals surface area contributed by atoms with Gasteiger partial charge < -0.3 is 14.4 Å². The molecule has 3 heterocycles. The van der Waals surface area contributed by atoms with Crippen LogP contribution in [-0.4, -0.2) is 81.6 Å². The fourth-order valence-electron chi connectivity index (χ4n) is 3.14. The van der Waals surface area contributed by atoms with Crippen molar-refractivity contribution in [3.63, 3.8) is 0 Å². The summed E-state index contributed by atoms with van der Waals surface area (Å²) in [4.78, 5) is 15.8. The predicted molar refractivity (Wildman–Crippen MR) is 78.9 cm³/mol. The maximum Gasteiger partial charge on any atom is 1.00 e. The Morgan fingerprint density at radius 3 is 2.76 bits per heavy atom. The number of carbonyl (C=O) groups is 1. The van der Waals surface area contributed by atoms with Gasteiger partial charge in [-0.2, -0.15) is 9.35 Å². The third-order valence-electron chi connectivity index (χ3n) is 4.08. The molecule has 0 spiro atoms. The first-order valence-electron chi connectivity index (χ1n) is 7.52. The Bertz CT molecular complexity index is 725. The maximum atomic E-state index is 12.3. The van der Waals surface area contributed by atoms with Gasteiger partial charge in [0.15, 0.2) is 0 Å². The molecule has 25 heavy (non-hydrogen) atoms. The van der Waals surface area contributed by atoms with Gasteiger partial charge in [0.1, 0.15) is 0 Å². The summed E-state index contributed by atoms with van der Waals surface area (Å²) in [5, 5.41) is 8.82. The van der Waals surface area contributed by atoms with Crippen molar-refractivity contribution in [2.45, 2.75) is 38.0 Å². The number of rotatable bonds is 6. The average molecular weight is 382 g/mol. The molecule has 0 unspecified atom stereocenters. The van der Waals surface area contributed by atoms with Crippen LogP contribution in [0.4, 0.5) is 4.79 Å². The summed E-state index contributed by atoms with van der Waals surface area (Å²) in [6, 6.07) is -1.17. The van der Waals surface area contributed by atoms with Crippen LogP contribution in [-0.2, 0) is 27.8 Å². The van der Waals surface area contributed by atoms with E-state index in [1.807, 2.05) is 25.2 Å². The first-order valence-corrected chi connectivity index (χ1v) is 8.85. The van der Waals surface area contributed by atoms with E-state index in [0.717, 1.165) is 5.69 Å². The second kappa shape index (κ2) is 7.86. The summed E-state index contributed by atoms with van der Waals surface area (Å²) in [7, 11) is -1.10. The number of piperidine rings is 1. The topological polar surface area (TPSA) is 124 Å². The first-order chi connectivity index (χ1) is 11.2. The van der Waals surface area contributed by atoms with Crippen LogP contribution in [0.2, 0.25) is 0 Å². The van der Waals surface area contributed by atoms with E-state index in [1.54, 1.807) is 4.68 Å². The van der Waals surface area contributed by atoms with Gasteiger partial charge in [0.25, 0.3) is 0 Å². The van der Waals surface area contributed by atoms with Gasteiger partial charge in [-0.3, -0.25) is 4.68 Å². The summed E-state index contributed by atoms with van der Waals surface area (Å²) in [6.07, 6.45) is 3.04. The molecule has 1 aromatic heterocycles. The minimum Gasteiger partial charge on any atom is -0.724 e. The molecule has 134 valence electrons. The third kappa shape index (κ3) is 4.90. The zero-order valence-corrected chi connectivity index (χ0v) is 17.2. The fourth-order valence-corrected chi connectivity index (χ4v) is 3.52. The SMILES string of the molecule is CN(C)Cc1cn(C[C@@H]2CC[C@@H]3CN2C(=O)N3OS(=O)(=O)[O-])nn1.[Na+]. The number of fused-ring (bicyclic) bond motifs is 2. The van der Waals surface area contributed by atoms with Gasteiger partial charge in [0.2, 0.25) is 10.4 Å². The first kappa shape index (κ1) is 20.6. The average Bonchev–Trinajstić information content (AvgIpc) is 2.98. The normalized spacial score (nSPS) is 23.3. The molecule has 0 N–H and O–H groups in total. The molecule has 0 aromatic carbocycles. The maximum absolute atomic E-state index is 12.3. The molecule has 2 amide bonds. The second-order valence-electron chi connectivity index (χ2n) is 6.30. The van der Waals surface area contributed by atoms with E-state index < -0.39 is 22.5 Å². The van der Waals surface area contributed by atoms with Crippen molar-refractivity contribution in [1.29, 1.82) is 0 Å². The molecule has 2 fully saturated rings. The summed E-state index contributed by atoms with van der Waals surface area (Å²) >= 11 is 0. The smallest absolute Gasteiger partial charge is 0.724 e. The fraction of sp³-hybridized carbons (Fsp3) is 0.750.